The fourth-order valence-corrected chi connectivity index (χ4v) is 2.55. The highest BCUT2D eigenvalue weighted by molar-refractivity contribution is 5.81. The number of carbonyl (C=O) groups is 1. The second-order valence-corrected chi connectivity index (χ2v) is 6.62. The zero-order valence-corrected chi connectivity index (χ0v) is 15.7. The molecule has 1 aliphatic carbocycles. The first-order valence-electron chi connectivity index (χ1n) is 8.80. The fourth-order valence-electron chi connectivity index (χ4n) is 2.55. The quantitative estimate of drug-likeness (QED) is 0.614. The molecule has 1 fully saturated rings. The molecule has 1 aromatic heterocycles. The zero-order valence-electron chi connectivity index (χ0n) is 15.7. The van der Waals surface area contributed by atoms with Crippen LogP contribution in [0, 0.1) is 12.8 Å². The van der Waals surface area contributed by atoms with Crippen molar-refractivity contribution in [3.05, 3.63) is 66.8 Å². The first-order chi connectivity index (χ1) is 12.3. The van der Waals surface area contributed by atoms with Gasteiger partial charge in [-0.15, -0.1) is 0 Å². The van der Waals surface area contributed by atoms with Crippen molar-refractivity contribution in [2.75, 3.05) is 0 Å². The molecule has 0 atom stereocenters. The molecular formula is C21H29N3O2. The molecule has 5 heteroatoms. The lowest BCUT2D eigenvalue weighted by atomic mass is 9.88. The Kier molecular flexibility index (Phi) is 9.23. The maximum absolute atomic E-state index is 10.4. The summed E-state index contributed by atoms with van der Waals surface area (Å²) in [5.74, 6) is -0.0742. The Hall–Kier alpha value is -2.53. The SMILES string of the molecule is C=C/C(=C\C(=C)/C=C/C(=O)O)c1cncc(C)n1.CC1CCC(N)CC1. The highest BCUT2D eigenvalue weighted by atomic mass is 16.4. The molecule has 0 amide bonds. The van der Waals surface area contributed by atoms with E-state index in [-0.39, 0.29) is 0 Å². The van der Waals surface area contributed by atoms with Crippen LogP contribution in [0.5, 0.6) is 0 Å². The van der Waals surface area contributed by atoms with Gasteiger partial charge in [-0.3, -0.25) is 4.98 Å². The van der Waals surface area contributed by atoms with Crippen LogP contribution in [0.15, 0.2) is 55.4 Å². The van der Waals surface area contributed by atoms with E-state index in [1.807, 2.05) is 6.92 Å². The lowest BCUT2D eigenvalue weighted by molar-refractivity contribution is -0.131. The summed E-state index contributed by atoms with van der Waals surface area (Å²) >= 11 is 0. The predicted octanol–water partition coefficient (Wildman–Crippen LogP) is 4.08. The molecule has 0 unspecified atom stereocenters. The number of allylic oxidation sites excluding steroid dienone is 5. The molecule has 0 spiro atoms. The van der Waals surface area contributed by atoms with Gasteiger partial charge in [0, 0.05) is 23.9 Å². The Morgan fingerprint density at radius 2 is 1.92 bits per heavy atom. The van der Waals surface area contributed by atoms with Gasteiger partial charge in [-0.25, -0.2) is 9.78 Å². The highest BCUT2D eigenvalue weighted by Gasteiger charge is 2.13. The monoisotopic (exact) mass is 355 g/mol. The number of hydrogen-bond donors (Lipinski definition) is 2. The van der Waals surface area contributed by atoms with Crippen LogP contribution in [0.1, 0.15) is 44.0 Å². The van der Waals surface area contributed by atoms with Crippen molar-refractivity contribution < 1.29 is 9.90 Å². The first kappa shape index (κ1) is 21.5. The minimum Gasteiger partial charge on any atom is -0.478 e. The third kappa shape index (κ3) is 8.53. The summed E-state index contributed by atoms with van der Waals surface area (Å²) in [6.45, 7) is 11.6. The van der Waals surface area contributed by atoms with Crippen LogP contribution in [-0.2, 0) is 4.79 Å². The molecular weight excluding hydrogens is 326 g/mol. The maximum atomic E-state index is 10.4. The van der Waals surface area contributed by atoms with E-state index < -0.39 is 5.97 Å². The topological polar surface area (TPSA) is 89.1 Å². The molecule has 3 N–H and O–H groups in total. The molecule has 0 aromatic carbocycles. The summed E-state index contributed by atoms with van der Waals surface area (Å²) in [7, 11) is 0. The largest absolute Gasteiger partial charge is 0.478 e. The van der Waals surface area contributed by atoms with E-state index in [4.69, 9.17) is 10.8 Å². The van der Waals surface area contributed by atoms with Crippen molar-refractivity contribution in [1.29, 1.82) is 0 Å². The maximum Gasteiger partial charge on any atom is 0.328 e. The number of hydrogen-bond acceptors (Lipinski definition) is 4. The van der Waals surface area contributed by atoms with Crippen LogP contribution in [0.3, 0.4) is 0 Å². The molecule has 0 aliphatic heterocycles. The number of nitrogens with zero attached hydrogens (tertiary/aromatic N) is 2. The van der Waals surface area contributed by atoms with Crippen molar-refractivity contribution >= 4 is 11.5 Å². The number of rotatable bonds is 5. The van der Waals surface area contributed by atoms with Crippen molar-refractivity contribution in [2.24, 2.45) is 11.7 Å². The van der Waals surface area contributed by atoms with Crippen molar-refractivity contribution in [3.63, 3.8) is 0 Å². The standard InChI is InChI=1S/C14H14N2O2.C7H15N/c1-4-12(7-10(2)5-6-14(17)18)13-9-15-8-11(3)16-13;1-6-2-4-7(8)5-3-6/h4-9H,1-2H2,3H3,(H,17,18);6-7H,2-5,8H2,1H3/b6-5+,12-7+;. The van der Waals surface area contributed by atoms with Gasteiger partial charge in [-0.1, -0.05) is 26.2 Å². The summed E-state index contributed by atoms with van der Waals surface area (Å²) in [6, 6.07) is 0.520. The number of carboxylic acids is 1. The van der Waals surface area contributed by atoms with Crippen molar-refractivity contribution in [3.8, 4) is 0 Å². The number of nitrogens with two attached hydrogens (primary N) is 1. The lowest BCUT2D eigenvalue weighted by Crippen LogP contribution is -2.25. The van der Waals surface area contributed by atoms with Gasteiger partial charge < -0.3 is 10.8 Å². The van der Waals surface area contributed by atoms with Crippen molar-refractivity contribution in [2.45, 2.75) is 45.6 Å². The molecule has 1 heterocycles. The number of aliphatic carboxylic acids is 1. The Labute approximate surface area is 156 Å². The molecule has 0 saturated heterocycles. The zero-order chi connectivity index (χ0) is 19.5. The average molecular weight is 355 g/mol. The summed E-state index contributed by atoms with van der Waals surface area (Å²) in [5.41, 5.74) is 8.46. The minimum atomic E-state index is -1.01. The molecule has 0 bridgehead atoms. The first-order valence-corrected chi connectivity index (χ1v) is 8.80. The summed E-state index contributed by atoms with van der Waals surface area (Å²) in [5, 5.41) is 8.52. The van der Waals surface area contributed by atoms with Gasteiger partial charge in [0.2, 0.25) is 0 Å². The predicted molar refractivity (Wildman–Crippen MR) is 106 cm³/mol. The third-order valence-electron chi connectivity index (χ3n) is 4.11. The molecule has 2 rings (SSSR count). The minimum absolute atomic E-state index is 0.520. The van der Waals surface area contributed by atoms with Crippen LogP contribution >= 0.6 is 0 Å². The van der Waals surface area contributed by atoms with E-state index in [1.165, 1.54) is 31.8 Å². The second kappa shape index (κ2) is 11.2. The van der Waals surface area contributed by atoms with Crippen LogP contribution in [0.4, 0.5) is 0 Å². The van der Waals surface area contributed by atoms with Crippen LogP contribution < -0.4 is 5.73 Å². The molecule has 1 aliphatic rings. The van der Waals surface area contributed by atoms with E-state index >= 15 is 0 Å². The normalized spacial score (nSPS) is 20.2. The number of aryl methyl sites for hydroxylation is 1. The van der Waals surface area contributed by atoms with Crippen LogP contribution in [0.2, 0.25) is 0 Å². The van der Waals surface area contributed by atoms with Gasteiger partial charge in [-0.05, 0) is 56.3 Å². The van der Waals surface area contributed by atoms with Gasteiger partial charge in [0.15, 0.2) is 0 Å². The van der Waals surface area contributed by atoms with Crippen LogP contribution in [0.25, 0.3) is 5.57 Å². The van der Waals surface area contributed by atoms with E-state index in [2.05, 4.69) is 30.0 Å². The van der Waals surface area contributed by atoms with Gasteiger partial charge in [0.25, 0.3) is 0 Å². The van der Waals surface area contributed by atoms with Gasteiger partial charge >= 0.3 is 5.97 Å². The molecule has 26 heavy (non-hydrogen) atoms. The van der Waals surface area contributed by atoms with Crippen molar-refractivity contribution in [1.82, 2.24) is 9.97 Å². The lowest BCUT2D eigenvalue weighted by Gasteiger charge is -2.22. The van der Waals surface area contributed by atoms with Gasteiger partial charge in [0.1, 0.15) is 0 Å². The van der Waals surface area contributed by atoms with Gasteiger partial charge in [-0.2, -0.15) is 0 Å². The third-order valence-corrected chi connectivity index (χ3v) is 4.11. The van der Waals surface area contributed by atoms with Crippen LogP contribution in [-0.4, -0.2) is 27.1 Å². The highest BCUT2D eigenvalue weighted by Crippen LogP contribution is 2.21. The number of aromatic nitrogens is 2. The summed E-state index contributed by atoms with van der Waals surface area (Å²) in [6.07, 6.45) is 14.2. The Bertz CT molecular complexity index is 674. The van der Waals surface area contributed by atoms with E-state index in [1.54, 1.807) is 24.5 Å². The molecule has 1 aromatic rings. The van der Waals surface area contributed by atoms with E-state index in [9.17, 15) is 4.79 Å². The molecule has 1 saturated carbocycles. The Morgan fingerprint density at radius 1 is 1.27 bits per heavy atom. The molecule has 0 radical (unpaired) electrons. The second-order valence-electron chi connectivity index (χ2n) is 6.62. The average Bonchev–Trinajstić information content (AvgIpc) is 2.61. The molecule has 140 valence electrons. The number of carboxylic acid groups (broad SMARTS) is 1. The fraction of sp³-hybridized carbons (Fsp3) is 0.381. The summed E-state index contributed by atoms with van der Waals surface area (Å²) in [4.78, 5) is 18.7. The molecule has 5 nitrogen and oxygen atoms in total. The van der Waals surface area contributed by atoms with E-state index in [0.29, 0.717) is 17.3 Å². The summed E-state index contributed by atoms with van der Waals surface area (Å²) < 4.78 is 0. The smallest absolute Gasteiger partial charge is 0.328 e. The van der Waals surface area contributed by atoms with E-state index in [0.717, 1.165) is 23.3 Å². The Balaban J connectivity index is 0.000000350. The Morgan fingerprint density at radius 3 is 2.42 bits per heavy atom. The van der Waals surface area contributed by atoms with Gasteiger partial charge in [0.05, 0.1) is 17.6 Å².